The van der Waals surface area contributed by atoms with Crippen LogP contribution >= 0.6 is 27.5 Å². The van der Waals surface area contributed by atoms with Gasteiger partial charge in [-0.2, -0.15) is 8.78 Å². The van der Waals surface area contributed by atoms with Crippen molar-refractivity contribution in [3.63, 3.8) is 0 Å². The summed E-state index contributed by atoms with van der Waals surface area (Å²) in [6.45, 7) is -2.89. The largest absolute Gasteiger partial charge is 0.497 e. The molecular weight excluding hydrogens is 366 g/mol. The molecule has 0 N–H and O–H groups in total. The molecule has 21 heavy (non-hydrogen) atoms. The lowest BCUT2D eigenvalue weighted by atomic mass is 10.0. The summed E-state index contributed by atoms with van der Waals surface area (Å²) in [6, 6.07) is 11.8. The van der Waals surface area contributed by atoms with Crippen molar-refractivity contribution in [2.45, 2.75) is 12.0 Å². The van der Waals surface area contributed by atoms with E-state index in [-0.39, 0.29) is 5.75 Å². The molecule has 2 nitrogen and oxygen atoms in total. The molecule has 0 radical (unpaired) electrons. The zero-order valence-corrected chi connectivity index (χ0v) is 13.4. The lowest BCUT2D eigenvalue weighted by Crippen LogP contribution is -2.06. The van der Waals surface area contributed by atoms with Crippen LogP contribution in [0.5, 0.6) is 11.5 Å². The maximum atomic E-state index is 12.5. The second-order valence-corrected chi connectivity index (χ2v) is 5.46. The molecule has 0 bridgehead atoms. The Morgan fingerprint density at radius 1 is 1.10 bits per heavy atom. The van der Waals surface area contributed by atoms with Crippen molar-refractivity contribution >= 4 is 27.5 Å². The highest BCUT2D eigenvalue weighted by Gasteiger charge is 2.20. The highest BCUT2D eigenvalue weighted by molar-refractivity contribution is 9.10. The summed E-state index contributed by atoms with van der Waals surface area (Å²) in [5.41, 5.74) is 1.22. The molecule has 2 aromatic rings. The maximum Gasteiger partial charge on any atom is 0.387 e. The molecule has 0 spiro atoms. The molecule has 0 aliphatic heterocycles. The first-order valence-electron chi connectivity index (χ1n) is 6.04. The Kier molecular flexibility index (Phi) is 5.42. The number of hydrogen-bond acceptors (Lipinski definition) is 2. The van der Waals surface area contributed by atoms with E-state index in [1.165, 1.54) is 6.07 Å². The third kappa shape index (κ3) is 3.86. The molecule has 112 valence electrons. The van der Waals surface area contributed by atoms with Crippen LogP contribution in [0.15, 0.2) is 46.9 Å². The molecule has 6 heteroatoms. The average Bonchev–Trinajstić information content (AvgIpc) is 2.46. The van der Waals surface area contributed by atoms with Gasteiger partial charge in [-0.1, -0.05) is 40.2 Å². The highest BCUT2D eigenvalue weighted by atomic mass is 79.9. The van der Waals surface area contributed by atoms with Crippen LogP contribution in [0.2, 0.25) is 0 Å². The van der Waals surface area contributed by atoms with Crippen LogP contribution in [0.3, 0.4) is 0 Å². The van der Waals surface area contributed by atoms with Gasteiger partial charge < -0.3 is 9.47 Å². The van der Waals surface area contributed by atoms with Gasteiger partial charge in [0.25, 0.3) is 0 Å². The third-order valence-corrected chi connectivity index (χ3v) is 4.05. The van der Waals surface area contributed by atoms with Crippen LogP contribution in [0, 0.1) is 0 Å². The van der Waals surface area contributed by atoms with Crippen molar-refractivity contribution in [3.05, 3.63) is 58.1 Å². The summed E-state index contributed by atoms with van der Waals surface area (Å²) in [7, 11) is 1.56. The Hall–Kier alpha value is -1.33. The zero-order chi connectivity index (χ0) is 15.4. The van der Waals surface area contributed by atoms with Crippen molar-refractivity contribution in [1.29, 1.82) is 0 Å². The van der Waals surface area contributed by atoms with Gasteiger partial charge in [-0.15, -0.1) is 11.6 Å². The van der Waals surface area contributed by atoms with E-state index < -0.39 is 12.0 Å². The van der Waals surface area contributed by atoms with E-state index >= 15 is 0 Å². The van der Waals surface area contributed by atoms with Crippen molar-refractivity contribution in [3.8, 4) is 11.5 Å². The second-order valence-electron chi connectivity index (χ2n) is 4.17. The number of ether oxygens (including phenoxy) is 2. The smallest absolute Gasteiger partial charge is 0.387 e. The number of rotatable bonds is 5. The minimum Gasteiger partial charge on any atom is -0.497 e. The van der Waals surface area contributed by atoms with Gasteiger partial charge in [0.2, 0.25) is 0 Å². The average molecular weight is 378 g/mol. The van der Waals surface area contributed by atoms with E-state index in [1.54, 1.807) is 43.5 Å². The van der Waals surface area contributed by atoms with E-state index in [4.69, 9.17) is 16.3 Å². The second kappa shape index (κ2) is 7.09. The molecule has 0 aliphatic rings. The first-order valence-corrected chi connectivity index (χ1v) is 7.27. The number of methoxy groups -OCH3 is 1. The molecule has 2 rings (SSSR count). The van der Waals surface area contributed by atoms with Crippen LogP contribution in [-0.4, -0.2) is 13.7 Å². The first-order chi connectivity index (χ1) is 10.0. The van der Waals surface area contributed by atoms with Gasteiger partial charge in [-0.05, 0) is 23.8 Å². The quantitative estimate of drug-likeness (QED) is 0.651. The number of benzene rings is 2. The van der Waals surface area contributed by atoms with Crippen LogP contribution in [0.1, 0.15) is 16.5 Å². The molecule has 0 heterocycles. The van der Waals surface area contributed by atoms with Gasteiger partial charge in [-0.25, -0.2) is 0 Å². The predicted octanol–water partition coefficient (Wildman–Crippen LogP) is 5.39. The van der Waals surface area contributed by atoms with Crippen molar-refractivity contribution < 1.29 is 18.3 Å². The summed E-state index contributed by atoms with van der Waals surface area (Å²) in [4.78, 5) is 0. The van der Waals surface area contributed by atoms with Gasteiger partial charge >= 0.3 is 6.61 Å². The number of halogens is 4. The SMILES string of the molecule is COc1ccc(C(Cl)c2ccccc2OC(F)F)c(Br)c1. The maximum absolute atomic E-state index is 12.5. The Labute approximate surface area is 134 Å². The molecule has 0 fully saturated rings. The molecule has 0 aliphatic carbocycles. The van der Waals surface area contributed by atoms with Crippen LogP contribution in [0.25, 0.3) is 0 Å². The topological polar surface area (TPSA) is 18.5 Å². The van der Waals surface area contributed by atoms with E-state index in [2.05, 4.69) is 20.7 Å². The minimum absolute atomic E-state index is 0.0650. The van der Waals surface area contributed by atoms with Crippen LogP contribution < -0.4 is 9.47 Å². The lowest BCUT2D eigenvalue weighted by molar-refractivity contribution is -0.0504. The van der Waals surface area contributed by atoms with Gasteiger partial charge in [0.1, 0.15) is 11.5 Å². The first kappa shape index (κ1) is 16.0. The highest BCUT2D eigenvalue weighted by Crippen LogP contribution is 2.39. The van der Waals surface area contributed by atoms with Crippen molar-refractivity contribution in [1.82, 2.24) is 0 Å². The molecule has 0 aromatic heterocycles. The van der Waals surface area contributed by atoms with Crippen LogP contribution in [-0.2, 0) is 0 Å². The van der Waals surface area contributed by atoms with Crippen molar-refractivity contribution in [2.75, 3.05) is 7.11 Å². The van der Waals surface area contributed by atoms with Crippen molar-refractivity contribution in [2.24, 2.45) is 0 Å². The molecule has 0 saturated carbocycles. The van der Waals surface area contributed by atoms with E-state index in [0.29, 0.717) is 11.3 Å². The summed E-state index contributed by atoms with van der Waals surface area (Å²) in [5.74, 6) is 0.738. The Morgan fingerprint density at radius 3 is 2.43 bits per heavy atom. The Morgan fingerprint density at radius 2 is 1.81 bits per heavy atom. The van der Waals surface area contributed by atoms with E-state index in [0.717, 1.165) is 10.0 Å². The van der Waals surface area contributed by atoms with Gasteiger partial charge in [0, 0.05) is 10.0 Å². The molecule has 0 amide bonds. The normalized spacial score (nSPS) is 12.3. The zero-order valence-electron chi connectivity index (χ0n) is 11.0. The standard InChI is InChI=1S/C15H12BrClF2O2/c1-20-9-6-7-10(12(16)8-9)14(17)11-4-2-3-5-13(11)21-15(18)19/h2-8,14-15H,1H3. The predicted molar refractivity (Wildman–Crippen MR) is 81.5 cm³/mol. The molecule has 2 aromatic carbocycles. The van der Waals surface area contributed by atoms with E-state index in [9.17, 15) is 8.78 Å². The molecule has 1 unspecified atom stereocenters. The molecule has 1 atom stereocenters. The van der Waals surface area contributed by atoms with E-state index in [1.807, 2.05) is 0 Å². The summed E-state index contributed by atoms with van der Waals surface area (Å²) in [5, 5.41) is -0.625. The fourth-order valence-electron chi connectivity index (χ4n) is 1.90. The monoisotopic (exact) mass is 376 g/mol. The van der Waals surface area contributed by atoms with Crippen LogP contribution in [0.4, 0.5) is 8.78 Å². The lowest BCUT2D eigenvalue weighted by Gasteiger charge is -2.17. The molecular formula is C15H12BrClF2O2. The number of alkyl halides is 3. The number of para-hydroxylation sites is 1. The fraction of sp³-hybridized carbons (Fsp3) is 0.200. The number of hydrogen-bond donors (Lipinski definition) is 0. The third-order valence-electron chi connectivity index (χ3n) is 2.89. The Bertz CT molecular complexity index is 622. The minimum atomic E-state index is -2.89. The van der Waals surface area contributed by atoms with Gasteiger partial charge in [0.05, 0.1) is 12.5 Å². The summed E-state index contributed by atoms with van der Waals surface area (Å²) >= 11 is 9.83. The Balaban J connectivity index is 2.38. The summed E-state index contributed by atoms with van der Waals surface area (Å²) < 4.78 is 35.3. The summed E-state index contributed by atoms with van der Waals surface area (Å²) in [6.07, 6.45) is 0. The van der Waals surface area contributed by atoms with Gasteiger partial charge in [0.15, 0.2) is 0 Å². The molecule has 0 saturated heterocycles. The fourth-order valence-corrected chi connectivity index (χ4v) is 2.99. The van der Waals surface area contributed by atoms with Gasteiger partial charge in [-0.3, -0.25) is 0 Å².